The van der Waals surface area contributed by atoms with Gasteiger partial charge < -0.3 is 0 Å². The van der Waals surface area contributed by atoms with E-state index in [-0.39, 0.29) is 0 Å². The van der Waals surface area contributed by atoms with Crippen molar-refractivity contribution in [3.8, 4) is 0 Å². The van der Waals surface area contributed by atoms with Crippen molar-refractivity contribution in [1.29, 1.82) is 0 Å². The molecule has 20 heavy (non-hydrogen) atoms. The van der Waals surface area contributed by atoms with Crippen LogP contribution >= 0.6 is 0 Å². The number of unbranched alkanes of at least 4 members (excludes halogenated alkanes) is 13. The van der Waals surface area contributed by atoms with Gasteiger partial charge in [0.15, 0.2) is 0 Å². The van der Waals surface area contributed by atoms with Gasteiger partial charge in [0.05, 0.1) is 0 Å². The Kier molecular flexibility index (Phi) is 17.0. The van der Waals surface area contributed by atoms with Crippen LogP contribution in [-0.2, 0) is 0 Å². The van der Waals surface area contributed by atoms with E-state index in [1.807, 2.05) is 0 Å². The largest absolute Gasteiger partial charge is 0.258 e. The molecule has 0 heterocycles. The van der Waals surface area contributed by atoms with Crippen molar-refractivity contribution >= 4 is 0 Å². The summed E-state index contributed by atoms with van der Waals surface area (Å²) in [5.74, 6) is 0.618. The highest BCUT2D eigenvalue weighted by Crippen LogP contribution is 2.14. The molecular weight excluding hydrogens is 242 g/mol. The van der Waals surface area contributed by atoms with Gasteiger partial charge in [-0.25, -0.2) is 0 Å². The first-order chi connectivity index (χ1) is 9.81. The van der Waals surface area contributed by atoms with Gasteiger partial charge >= 0.3 is 0 Å². The number of hydrogen-bond donors (Lipinski definition) is 0. The summed E-state index contributed by atoms with van der Waals surface area (Å²) in [4.78, 5) is 0. The molecule has 1 unspecified atom stereocenters. The second kappa shape index (κ2) is 17.0. The maximum absolute atomic E-state index is 7.28. The lowest BCUT2D eigenvalue weighted by Crippen LogP contribution is -2.01. The third-order valence-electron chi connectivity index (χ3n) is 4.40. The quantitative estimate of drug-likeness (QED) is 0.279. The topological polar surface area (TPSA) is 23.8 Å². The Labute approximate surface area is 129 Å². The van der Waals surface area contributed by atoms with Crippen LogP contribution in [0.1, 0.15) is 110 Å². The van der Waals surface area contributed by atoms with Crippen molar-refractivity contribution in [2.75, 3.05) is 6.54 Å². The van der Waals surface area contributed by atoms with E-state index in [1.54, 1.807) is 0 Å². The van der Waals surface area contributed by atoms with Crippen LogP contribution in [0, 0.1) is 5.92 Å². The summed E-state index contributed by atoms with van der Waals surface area (Å²) in [5.41, 5.74) is 7.28. The summed E-state index contributed by atoms with van der Waals surface area (Å²) in [7, 11) is 0. The molecule has 1 nitrogen and oxygen atoms in total. The zero-order valence-corrected chi connectivity index (χ0v) is 14.4. The van der Waals surface area contributed by atoms with Crippen molar-refractivity contribution in [2.45, 2.75) is 110 Å². The van der Waals surface area contributed by atoms with Crippen LogP contribution in [0.3, 0.4) is 0 Å². The average Bonchev–Trinajstić information content (AvgIpc) is 2.47. The predicted octanol–water partition coefficient (Wildman–Crippen LogP) is 6.78. The second-order valence-electron chi connectivity index (χ2n) is 6.69. The van der Waals surface area contributed by atoms with Crippen molar-refractivity contribution in [1.82, 2.24) is 5.73 Å². The Hall–Kier alpha value is -0.0400. The van der Waals surface area contributed by atoms with E-state index in [9.17, 15) is 0 Å². The molecule has 0 fully saturated rings. The van der Waals surface area contributed by atoms with Gasteiger partial charge in [-0.1, -0.05) is 104 Å². The molecule has 0 aromatic rings. The summed E-state index contributed by atoms with van der Waals surface area (Å²) in [6.45, 7) is 5.10. The zero-order valence-electron chi connectivity index (χ0n) is 14.4. The summed E-state index contributed by atoms with van der Waals surface area (Å²) < 4.78 is 0. The van der Waals surface area contributed by atoms with Crippen molar-refractivity contribution in [2.24, 2.45) is 5.92 Å². The number of rotatable bonds is 16. The Bertz CT molecular complexity index is 167. The second-order valence-corrected chi connectivity index (χ2v) is 6.69. The molecule has 0 saturated heterocycles. The number of nitrogens with one attached hydrogen (secondary N) is 1. The predicted molar refractivity (Wildman–Crippen MR) is 92.1 cm³/mol. The summed E-state index contributed by atoms with van der Waals surface area (Å²) in [5, 5.41) is 0. The Morgan fingerprint density at radius 2 is 0.950 bits per heavy atom. The van der Waals surface area contributed by atoms with E-state index in [2.05, 4.69) is 13.8 Å². The molecule has 0 bridgehead atoms. The summed E-state index contributed by atoms with van der Waals surface area (Å²) in [6, 6.07) is 0. The van der Waals surface area contributed by atoms with Crippen molar-refractivity contribution < 1.29 is 0 Å². The maximum Gasteiger partial charge on any atom is 0.0125 e. The van der Waals surface area contributed by atoms with Gasteiger partial charge in [0.2, 0.25) is 0 Å². The van der Waals surface area contributed by atoms with E-state index in [4.69, 9.17) is 5.73 Å². The molecule has 0 amide bonds. The fraction of sp³-hybridized carbons (Fsp3) is 1.00. The van der Waals surface area contributed by atoms with Gasteiger partial charge in [0.1, 0.15) is 0 Å². The minimum absolute atomic E-state index is 0.610. The highest BCUT2D eigenvalue weighted by Gasteiger charge is 1.98. The lowest BCUT2D eigenvalue weighted by atomic mass is 10.0. The molecule has 0 aliphatic heterocycles. The molecule has 1 atom stereocenters. The Morgan fingerprint density at radius 3 is 1.30 bits per heavy atom. The van der Waals surface area contributed by atoms with Crippen LogP contribution in [0.5, 0.6) is 0 Å². The van der Waals surface area contributed by atoms with Crippen molar-refractivity contribution in [3.63, 3.8) is 0 Å². The first-order valence-corrected chi connectivity index (χ1v) is 9.45. The highest BCUT2D eigenvalue weighted by atomic mass is 14.5. The van der Waals surface area contributed by atoms with Crippen molar-refractivity contribution in [3.05, 3.63) is 0 Å². The first-order valence-electron chi connectivity index (χ1n) is 9.45. The highest BCUT2D eigenvalue weighted by molar-refractivity contribution is 4.54. The molecule has 0 aliphatic rings. The van der Waals surface area contributed by atoms with Crippen LogP contribution in [0.25, 0.3) is 0 Å². The molecule has 1 heteroatoms. The fourth-order valence-electron chi connectivity index (χ4n) is 2.79. The van der Waals surface area contributed by atoms with E-state index in [0.717, 1.165) is 0 Å². The monoisotopic (exact) mass is 282 g/mol. The molecule has 0 aliphatic carbocycles. The Morgan fingerprint density at radius 1 is 0.600 bits per heavy atom. The molecule has 0 spiro atoms. The van der Waals surface area contributed by atoms with Gasteiger partial charge in [-0.3, -0.25) is 5.73 Å². The summed E-state index contributed by atoms with van der Waals surface area (Å²) >= 11 is 0. The van der Waals surface area contributed by atoms with Gasteiger partial charge in [-0.2, -0.15) is 0 Å². The van der Waals surface area contributed by atoms with Crippen LogP contribution in [0.4, 0.5) is 0 Å². The molecule has 1 N–H and O–H groups in total. The third kappa shape index (κ3) is 16.0. The molecule has 0 saturated carbocycles. The van der Waals surface area contributed by atoms with Crippen LogP contribution in [0.2, 0.25) is 0 Å². The van der Waals surface area contributed by atoms with Gasteiger partial charge in [-0.15, -0.1) is 0 Å². The van der Waals surface area contributed by atoms with E-state index in [1.165, 1.54) is 96.3 Å². The fourth-order valence-corrected chi connectivity index (χ4v) is 2.79. The van der Waals surface area contributed by atoms with Gasteiger partial charge in [0, 0.05) is 6.54 Å². The van der Waals surface area contributed by atoms with E-state index < -0.39 is 0 Å². The average molecular weight is 283 g/mol. The normalized spacial score (nSPS) is 12.8. The molecular formula is C19H40N. The molecule has 121 valence electrons. The van der Waals surface area contributed by atoms with Crippen LogP contribution < -0.4 is 5.73 Å². The van der Waals surface area contributed by atoms with E-state index >= 15 is 0 Å². The number of hydrogen-bond acceptors (Lipinski definition) is 0. The molecule has 0 rings (SSSR count). The lowest BCUT2D eigenvalue weighted by Gasteiger charge is -2.07. The lowest BCUT2D eigenvalue weighted by molar-refractivity contribution is 0.481. The standard InChI is InChI=1S/C19H40N/c1-3-4-5-6-7-8-9-10-11-12-13-14-15-16-17-19(2)18-20/h19-20H,3-18H2,1-2H3. The first kappa shape index (κ1) is 20.0. The minimum Gasteiger partial charge on any atom is -0.258 e. The molecule has 0 aromatic carbocycles. The third-order valence-corrected chi connectivity index (χ3v) is 4.40. The molecule has 0 aromatic heterocycles. The zero-order chi connectivity index (χ0) is 14.9. The van der Waals surface area contributed by atoms with Crippen LogP contribution in [-0.4, -0.2) is 6.54 Å². The maximum atomic E-state index is 7.28. The van der Waals surface area contributed by atoms with Gasteiger partial charge in [0.25, 0.3) is 0 Å². The van der Waals surface area contributed by atoms with Gasteiger partial charge in [-0.05, 0) is 12.3 Å². The van der Waals surface area contributed by atoms with E-state index in [0.29, 0.717) is 12.5 Å². The smallest absolute Gasteiger partial charge is 0.0125 e. The summed E-state index contributed by atoms with van der Waals surface area (Å²) in [6.07, 6.45) is 21.3. The molecule has 1 radical (unpaired) electrons. The Balaban J connectivity index is 2.96. The SMILES string of the molecule is CCCCCCCCCCCCCCCCC(C)C[NH]. The minimum atomic E-state index is 0.610. The van der Waals surface area contributed by atoms with Crippen LogP contribution in [0.15, 0.2) is 0 Å².